The molecule has 0 saturated carbocycles. The van der Waals surface area contributed by atoms with E-state index in [2.05, 4.69) is 241 Å². The van der Waals surface area contributed by atoms with E-state index in [9.17, 15) is 5.26 Å². The number of anilines is 8. The molecular formula is C67H74N6. The normalized spacial score (nSPS) is 23.0. The lowest BCUT2D eigenvalue weighted by Gasteiger charge is -2.59. The molecule has 372 valence electrons. The molecule has 0 saturated heterocycles. The molecule has 0 fully saturated rings. The van der Waals surface area contributed by atoms with Crippen molar-refractivity contribution in [2.75, 3.05) is 19.6 Å². The highest BCUT2D eigenvalue weighted by atomic mass is 15.5. The first-order valence-electron chi connectivity index (χ1n) is 27.4. The van der Waals surface area contributed by atoms with Crippen molar-refractivity contribution in [1.82, 2.24) is 4.98 Å². The van der Waals surface area contributed by atoms with E-state index in [0.29, 0.717) is 11.5 Å². The quantitative estimate of drug-likeness (QED) is 0.129. The number of hydrogen-bond acceptors (Lipinski definition) is 6. The highest BCUT2D eigenvalue weighted by Crippen LogP contribution is 2.68. The minimum Gasteiger partial charge on any atom is -0.317 e. The highest BCUT2D eigenvalue weighted by Gasteiger charge is 2.62. The van der Waals surface area contributed by atoms with Crippen LogP contribution in [0, 0.1) is 48.9 Å². The van der Waals surface area contributed by atoms with E-state index in [1.807, 2.05) is 6.07 Å². The summed E-state index contributed by atoms with van der Waals surface area (Å²) in [5.41, 5.74) is 19.0. The molecule has 6 heteroatoms. The number of hydrogen-bond donors (Lipinski definition) is 0. The summed E-state index contributed by atoms with van der Waals surface area (Å²) in [4.78, 5) is 16.5. The number of benzene rings is 6. The average molecular weight is 963 g/mol. The largest absolute Gasteiger partial charge is 0.317 e. The second kappa shape index (κ2) is 18.3. The molecule has 6 aromatic carbocycles. The molecule has 0 radical (unpaired) electrons. The molecule has 7 aromatic rings. The second-order valence-corrected chi connectivity index (χ2v) is 23.0. The fourth-order valence-corrected chi connectivity index (χ4v) is 15.0. The lowest BCUT2D eigenvalue weighted by molar-refractivity contribution is 0.0467. The summed E-state index contributed by atoms with van der Waals surface area (Å²) < 4.78 is 0. The molecule has 1 aromatic heterocycles. The number of nitrogens with zero attached hydrogens (tertiary/aromatic N) is 6. The number of nitriles is 1. The molecule has 73 heavy (non-hydrogen) atoms. The molecule has 7 unspecified atom stereocenters. The van der Waals surface area contributed by atoms with Crippen LogP contribution in [0.25, 0.3) is 11.3 Å². The molecule has 4 aliphatic rings. The summed E-state index contributed by atoms with van der Waals surface area (Å²) in [6.45, 7) is 26.3. The molecule has 11 rings (SSSR count). The minimum absolute atomic E-state index is 0.00827. The molecule has 6 nitrogen and oxygen atoms in total. The Morgan fingerprint density at radius 1 is 0.562 bits per heavy atom. The maximum Gasteiger partial charge on any atom is 0.159 e. The van der Waals surface area contributed by atoms with Crippen LogP contribution < -0.4 is 19.6 Å². The summed E-state index contributed by atoms with van der Waals surface area (Å²) in [6.07, 6.45) is 6.11. The Labute approximate surface area is 436 Å². The van der Waals surface area contributed by atoms with Gasteiger partial charge < -0.3 is 19.6 Å². The van der Waals surface area contributed by atoms with Gasteiger partial charge in [-0.1, -0.05) is 146 Å². The highest BCUT2D eigenvalue weighted by molar-refractivity contribution is 5.93. The summed E-state index contributed by atoms with van der Waals surface area (Å²) in [5.74, 6) is 1.90. The number of fused-ring (bicyclic) bond motifs is 10. The molecule has 4 aliphatic heterocycles. The van der Waals surface area contributed by atoms with Gasteiger partial charge in [0.2, 0.25) is 0 Å². The van der Waals surface area contributed by atoms with Crippen LogP contribution in [0.2, 0.25) is 0 Å². The topological polar surface area (TPSA) is 49.6 Å². The van der Waals surface area contributed by atoms with Gasteiger partial charge in [0, 0.05) is 39.1 Å². The summed E-state index contributed by atoms with van der Waals surface area (Å²) in [7, 11) is 0. The SMILES string of the molecule is CCC1c2ccccc2N2c3nc(-c4ccccc4C)ccc3N(c3ccccc3C)C2C1(CC)CCC(C)C1(CC)C(CC)c2cc(C(C)(C)C)ccc2N2c3ccc(C#N)cc3N(c3ccccc3C)C21. The van der Waals surface area contributed by atoms with Gasteiger partial charge in [0.25, 0.3) is 0 Å². The smallest absolute Gasteiger partial charge is 0.159 e. The monoisotopic (exact) mass is 963 g/mol. The van der Waals surface area contributed by atoms with Gasteiger partial charge in [-0.15, -0.1) is 0 Å². The van der Waals surface area contributed by atoms with Gasteiger partial charge in [-0.2, -0.15) is 5.26 Å². The maximum absolute atomic E-state index is 10.5. The number of aromatic nitrogens is 1. The summed E-state index contributed by atoms with van der Waals surface area (Å²) >= 11 is 0. The van der Waals surface area contributed by atoms with Crippen LogP contribution in [0.5, 0.6) is 0 Å². The van der Waals surface area contributed by atoms with Crippen LogP contribution in [-0.2, 0) is 5.41 Å². The van der Waals surface area contributed by atoms with Gasteiger partial charge >= 0.3 is 0 Å². The van der Waals surface area contributed by atoms with Crippen LogP contribution in [0.4, 0.5) is 45.6 Å². The zero-order chi connectivity index (χ0) is 51.1. The summed E-state index contributed by atoms with van der Waals surface area (Å²) in [5, 5.41) is 10.5. The average Bonchev–Trinajstić information content (AvgIpc) is 3.93. The van der Waals surface area contributed by atoms with Crippen LogP contribution in [0.15, 0.2) is 146 Å². The lowest BCUT2D eigenvalue weighted by Crippen LogP contribution is -2.60. The molecule has 0 bridgehead atoms. The third-order valence-electron chi connectivity index (χ3n) is 18.6. The number of para-hydroxylation sites is 3. The van der Waals surface area contributed by atoms with Gasteiger partial charge in [-0.05, 0) is 170 Å². The van der Waals surface area contributed by atoms with Crippen LogP contribution in [-0.4, -0.2) is 17.3 Å². The van der Waals surface area contributed by atoms with E-state index in [4.69, 9.17) is 4.98 Å². The Bertz CT molecular complexity index is 3280. The van der Waals surface area contributed by atoms with Crippen LogP contribution in [0.1, 0.15) is 145 Å². The zero-order valence-corrected chi connectivity index (χ0v) is 45.2. The van der Waals surface area contributed by atoms with Crippen LogP contribution in [0.3, 0.4) is 0 Å². The Balaban J connectivity index is 1.12. The van der Waals surface area contributed by atoms with Gasteiger partial charge in [0.1, 0.15) is 12.3 Å². The van der Waals surface area contributed by atoms with E-state index in [-0.39, 0.29) is 40.4 Å². The van der Waals surface area contributed by atoms with Crippen molar-refractivity contribution in [2.24, 2.45) is 16.7 Å². The van der Waals surface area contributed by atoms with Gasteiger partial charge in [0.15, 0.2) is 5.82 Å². The van der Waals surface area contributed by atoms with Crippen molar-refractivity contribution >= 4 is 45.6 Å². The third kappa shape index (κ3) is 7.19. The molecule has 0 aliphatic carbocycles. The first-order chi connectivity index (χ1) is 35.3. The Morgan fingerprint density at radius 2 is 1.14 bits per heavy atom. The standard InChI is InChI=1S/C67H74N6/c1-12-52-50-28-20-23-31-57(50)73-62-60(37-34-54(69-62)49-27-19-16-24-43(49)5)70(55-29-21-17-25-44(55)6)63(73)66(52,14-3)39-38-46(8)67(15-4)53(13-2)51-41-48(65(9,10)11)33-36-58(51)72-59-35-32-47(42-68)40-61(59)71(64(67)72)56-30-22-18-26-45(56)7/h16-37,40-41,46,52-53,63-64H,12-15,38-39H2,1-11H3. The first-order valence-corrected chi connectivity index (χ1v) is 27.4. The van der Waals surface area contributed by atoms with Crippen molar-refractivity contribution in [2.45, 2.75) is 144 Å². The molecule has 7 atom stereocenters. The van der Waals surface area contributed by atoms with E-state index >= 15 is 0 Å². The van der Waals surface area contributed by atoms with Gasteiger partial charge in [0.05, 0.1) is 34.4 Å². The Hall–Kier alpha value is -6.84. The molecule has 0 spiro atoms. The van der Waals surface area contributed by atoms with E-state index in [1.54, 1.807) is 0 Å². The van der Waals surface area contributed by atoms with Crippen LogP contribution >= 0.6 is 0 Å². The predicted molar refractivity (Wildman–Crippen MR) is 306 cm³/mol. The zero-order valence-electron chi connectivity index (χ0n) is 45.2. The number of aryl methyl sites for hydroxylation is 3. The van der Waals surface area contributed by atoms with Crippen molar-refractivity contribution in [1.29, 1.82) is 5.26 Å². The third-order valence-corrected chi connectivity index (χ3v) is 18.6. The fraction of sp³-hybridized carbons (Fsp3) is 0.373. The van der Waals surface area contributed by atoms with Crippen molar-refractivity contribution in [3.05, 3.63) is 185 Å². The second-order valence-electron chi connectivity index (χ2n) is 23.0. The van der Waals surface area contributed by atoms with Crippen molar-refractivity contribution < 1.29 is 0 Å². The number of rotatable bonds is 11. The summed E-state index contributed by atoms with van der Waals surface area (Å²) in [6, 6.07) is 56.9. The van der Waals surface area contributed by atoms with Crippen molar-refractivity contribution in [3.63, 3.8) is 0 Å². The minimum atomic E-state index is -0.215. The Morgan fingerprint density at radius 3 is 1.75 bits per heavy atom. The molecular weight excluding hydrogens is 889 g/mol. The molecule has 0 N–H and O–H groups in total. The molecule has 0 amide bonds. The van der Waals surface area contributed by atoms with E-state index in [1.165, 1.54) is 73.1 Å². The first kappa shape index (κ1) is 48.4. The molecule has 5 heterocycles. The lowest BCUT2D eigenvalue weighted by atomic mass is 9.54. The van der Waals surface area contributed by atoms with E-state index in [0.717, 1.165) is 55.7 Å². The maximum atomic E-state index is 10.5. The fourth-order valence-electron chi connectivity index (χ4n) is 15.0. The number of pyridine rings is 1. The van der Waals surface area contributed by atoms with Crippen molar-refractivity contribution in [3.8, 4) is 17.3 Å². The van der Waals surface area contributed by atoms with Gasteiger partial charge in [-0.3, -0.25) is 0 Å². The van der Waals surface area contributed by atoms with E-state index < -0.39 is 0 Å². The Kier molecular flexibility index (Phi) is 12.1. The predicted octanol–water partition coefficient (Wildman–Crippen LogP) is 18.0. The van der Waals surface area contributed by atoms with Gasteiger partial charge in [-0.25, -0.2) is 4.98 Å².